The van der Waals surface area contributed by atoms with Crippen LogP contribution in [0.15, 0.2) is 72.9 Å². The van der Waals surface area contributed by atoms with Gasteiger partial charge in [0.25, 0.3) is 5.91 Å². The summed E-state index contributed by atoms with van der Waals surface area (Å²) in [5.41, 5.74) is 10.4. The van der Waals surface area contributed by atoms with Crippen LogP contribution in [-0.2, 0) is 0 Å². The molecule has 1 amide bonds. The smallest absolute Gasteiger partial charge is 0.251 e. The summed E-state index contributed by atoms with van der Waals surface area (Å²) >= 11 is 0. The molecule has 0 radical (unpaired) electrons. The highest BCUT2D eigenvalue weighted by atomic mass is 16.5. The van der Waals surface area contributed by atoms with Gasteiger partial charge < -0.3 is 15.8 Å². The monoisotopic (exact) mass is 386 g/mol. The Morgan fingerprint density at radius 2 is 1.93 bits per heavy atom. The van der Waals surface area contributed by atoms with E-state index in [0.29, 0.717) is 5.56 Å². The standard InChI is InChI=1S/C23H22N4O2/c1-29-20-7-3-5-17(12-20)22(13-24)26-23(28)18-6-2-4-15(10-18)16-8-9-21-19(11-16)14-25-27-21/h2-12,14,22H,13,24H2,1H3,(H,25,27)(H,26,28). The molecule has 3 aromatic carbocycles. The van der Waals surface area contributed by atoms with Crippen molar-refractivity contribution >= 4 is 16.8 Å². The quantitative estimate of drug-likeness (QED) is 0.471. The summed E-state index contributed by atoms with van der Waals surface area (Å²) in [6, 6.07) is 20.9. The minimum atomic E-state index is -0.302. The second-order valence-corrected chi connectivity index (χ2v) is 6.79. The number of hydrogen-bond acceptors (Lipinski definition) is 4. The van der Waals surface area contributed by atoms with Crippen molar-refractivity contribution in [1.29, 1.82) is 0 Å². The summed E-state index contributed by atoms with van der Waals surface area (Å²) in [6.45, 7) is 0.287. The Bertz CT molecular complexity index is 1150. The molecule has 0 aliphatic heterocycles. The van der Waals surface area contributed by atoms with Crippen molar-refractivity contribution in [2.24, 2.45) is 5.73 Å². The van der Waals surface area contributed by atoms with Gasteiger partial charge in [-0.2, -0.15) is 5.10 Å². The Hall–Kier alpha value is -3.64. The van der Waals surface area contributed by atoms with Crippen molar-refractivity contribution < 1.29 is 9.53 Å². The van der Waals surface area contributed by atoms with E-state index in [1.165, 1.54) is 0 Å². The molecule has 0 aliphatic rings. The fourth-order valence-electron chi connectivity index (χ4n) is 3.34. The number of nitrogens with one attached hydrogen (secondary N) is 2. The van der Waals surface area contributed by atoms with Gasteiger partial charge in [0.15, 0.2) is 0 Å². The van der Waals surface area contributed by atoms with Gasteiger partial charge in [0.05, 0.1) is 24.9 Å². The van der Waals surface area contributed by atoms with Gasteiger partial charge in [-0.1, -0.05) is 30.3 Å². The van der Waals surface area contributed by atoms with Crippen LogP contribution in [0.2, 0.25) is 0 Å². The van der Waals surface area contributed by atoms with E-state index in [4.69, 9.17) is 10.5 Å². The first kappa shape index (κ1) is 18.7. The maximum Gasteiger partial charge on any atom is 0.251 e. The third kappa shape index (κ3) is 3.97. The molecule has 146 valence electrons. The minimum absolute atomic E-state index is 0.172. The van der Waals surface area contributed by atoms with E-state index in [9.17, 15) is 4.79 Å². The van der Waals surface area contributed by atoms with Crippen LogP contribution in [0, 0.1) is 0 Å². The number of nitrogens with zero attached hydrogens (tertiary/aromatic N) is 1. The predicted octanol–water partition coefficient (Wildman–Crippen LogP) is 3.67. The van der Waals surface area contributed by atoms with E-state index >= 15 is 0 Å². The molecule has 0 spiro atoms. The number of benzene rings is 3. The van der Waals surface area contributed by atoms with Crippen molar-refractivity contribution in [3.05, 3.63) is 84.1 Å². The second kappa shape index (κ2) is 8.16. The van der Waals surface area contributed by atoms with Gasteiger partial charge in [-0.15, -0.1) is 0 Å². The molecule has 0 aliphatic carbocycles. The number of methoxy groups -OCH3 is 1. The van der Waals surface area contributed by atoms with E-state index < -0.39 is 0 Å². The van der Waals surface area contributed by atoms with Gasteiger partial charge in [-0.05, 0) is 53.1 Å². The summed E-state index contributed by atoms with van der Waals surface area (Å²) in [5.74, 6) is 0.557. The maximum absolute atomic E-state index is 12.9. The van der Waals surface area contributed by atoms with Crippen LogP contribution in [0.25, 0.3) is 22.0 Å². The first-order valence-electron chi connectivity index (χ1n) is 9.36. The Morgan fingerprint density at radius 1 is 1.10 bits per heavy atom. The molecule has 4 rings (SSSR count). The van der Waals surface area contributed by atoms with E-state index in [0.717, 1.165) is 33.3 Å². The van der Waals surface area contributed by atoms with Gasteiger partial charge in [-0.25, -0.2) is 0 Å². The number of amides is 1. The first-order valence-corrected chi connectivity index (χ1v) is 9.36. The first-order chi connectivity index (χ1) is 14.2. The van der Waals surface area contributed by atoms with Crippen LogP contribution < -0.4 is 15.8 Å². The minimum Gasteiger partial charge on any atom is -0.497 e. The summed E-state index contributed by atoms with van der Waals surface area (Å²) in [5, 5.41) is 11.0. The molecule has 4 N–H and O–H groups in total. The number of aromatic nitrogens is 2. The van der Waals surface area contributed by atoms with Crippen LogP contribution in [0.4, 0.5) is 0 Å². The topological polar surface area (TPSA) is 93.0 Å². The van der Waals surface area contributed by atoms with Gasteiger partial charge >= 0.3 is 0 Å². The average Bonchev–Trinajstić information content (AvgIpc) is 3.25. The Kier molecular flexibility index (Phi) is 5.27. The summed E-state index contributed by atoms with van der Waals surface area (Å²) < 4.78 is 5.27. The Morgan fingerprint density at radius 3 is 2.76 bits per heavy atom. The highest BCUT2D eigenvalue weighted by Gasteiger charge is 2.15. The maximum atomic E-state index is 12.9. The fraction of sp³-hybridized carbons (Fsp3) is 0.130. The van der Waals surface area contributed by atoms with E-state index in [1.54, 1.807) is 19.4 Å². The Balaban J connectivity index is 1.57. The molecule has 4 aromatic rings. The van der Waals surface area contributed by atoms with Crippen LogP contribution in [0.5, 0.6) is 5.75 Å². The molecule has 0 saturated heterocycles. The van der Waals surface area contributed by atoms with Crippen molar-refractivity contribution in [2.75, 3.05) is 13.7 Å². The lowest BCUT2D eigenvalue weighted by atomic mass is 10.0. The molecule has 1 aromatic heterocycles. The van der Waals surface area contributed by atoms with Crippen molar-refractivity contribution in [3.63, 3.8) is 0 Å². The van der Waals surface area contributed by atoms with Gasteiger partial charge in [0, 0.05) is 17.5 Å². The lowest BCUT2D eigenvalue weighted by molar-refractivity contribution is 0.0938. The average molecular weight is 386 g/mol. The highest BCUT2D eigenvalue weighted by Crippen LogP contribution is 2.25. The number of rotatable bonds is 6. The lowest BCUT2D eigenvalue weighted by Gasteiger charge is -2.18. The molecule has 1 heterocycles. The second-order valence-electron chi connectivity index (χ2n) is 6.79. The molecular weight excluding hydrogens is 364 g/mol. The third-order valence-electron chi connectivity index (χ3n) is 4.94. The zero-order valence-electron chi connectivity index (χ0n) is 16.1. The number of ether oxygens (including phenoxy) is 1. The zero-order chi connectivity index (χ0) is 20.2. The van der Waals surface area contributed by atoms with E-state index in [2.05, 4.69) is 21.6 Å². The van der Waals surface area contributed by atoms with Crippen LogP contribution in [-0.4, -0.2) is 29.8 Å². The molecule has 0 saturated carbocycles. The van der Waals surface area contributed by atoms with Crippen LogP contribution in [0.3, 0.4) is 0 Å². The van der Waals surface area contributed by atoms with Crippen molar-refractivity contribution in [3.8, 4) is 16.9 Å². The highest BCUT2D eigenvalue weighted by molar-refractivity contribution is 5.96. The van der Waals surface area contributed by atoms with Gasteiger partial charge in [-0.3, -0.25) is 9.89 Å². The van der Waals surface area contributed by atoms with Crippen molar-refractivity contribution in [1.82, 2.24) is 15.5 Å². The predicted molar refractivity (Wildman–Crippen MR) is 114 cm³/mol. The number of carbonyl (C=O) groups is 1. The number of carbonyl (C=O) groups excluding carboxylic acids is 1. The molecule has 0 bridgehead atoms. The molecule has 6 nitrogen and oxygen atoms in total. The lowest BCUT2D eigenvalue weighted by Crippen LogP contribution is -2.33. The number of aromatic amines is 1. The molecule has 0 fully saturated rings. The molecule has 1 atom stereocenters. The van der Waals surface area contributed by atoms with Gasteiger partial charge in [0.1, 0.15) is 5.75 Å². The SMILES string of the molecule is COc1cccc(C(CN)NC(=O)c2cccc(-c3ccc4[nH]ncc4c3)c2)c1. The van der Waals surface area contributed by atoms with Crippen molar-refractivity contribution in [2.45, 2.75) is 6.04 Å². The summed E-state index contributed by atoms with van der Waals surface area (Å²) in [4.78, 5) is 12.9. The van der Waals surface area contributed by atoms with E-state index in [-0.39, 0.29) is 18.5 Å². The number of fused-ring (bicyclic) bond motifs is 1. The zero-order valence-corrected chi connectivity index (χ0v) is 16.1. The number of H-pyrrole nitrogens is 1. The Labute approximate surface area is 168 Å². The van der Waals surface area contributed by atoms with Crippen LogP contribution in [0.1, 0.15) is 22.0 Å². The molecule has 29 heavy (non-hydrogen) atoms. The molecule has 6 heteroatoms. The fourth-order valence-corrected chi connectivity index (χ4v) is 3.34. The molecule has 1 unspecified atom stereocenters. The van der Waals surface area contributed by atoms with Gasteiger partial charge in [0.2, 0.25) is 0 Å². The summed E-state index contributed by atoms with van der Waals surface area (Å²) in [7, 11) is 1.61. The van der Waals surface area contributed by atoms with Crippen LogP contribution >= 0.6 is 0 Å². The number of nitrogens with two attached hydrogens (primary N) is 1. The van der Waals surface area contributed by atoms with E-state index in [1.807, 2.05) is 54.6 Å². The number of hydrogen-bond donors (Lipinski definition) is 3. The summed E-state index contributed by atoms with van der Waals surface area (Å²) in [6.07, 6.45) is 1.79. The normalized spacial score (nSPS) is 11.9. The largest absolute Gasteiger partial charge is 0.497 e. The third-order valence-corrected chi connectivity index (χ3v) is 4.94. The molecular formula is C23H22N4O2.